The van der Waals surface area contributed by atoms with E-state index >= 15 is 0 Å². The van der Waals surface area contributed by atoms with Gasteiger partial charge in [0.25, 0.3) is 0 Å². The molecule has 1 saturated heterocycles. The number of thioether (sulfide) groups is 1. The molecule has 1 nitrogen and oxygen atoms in total. The Hall–Kier alpha value is 0.300. The maximum atomic E-state index is 3.44. The molecule has 0 amide bonds. The lowest BCUT2D eigenvalue weighted by Gasteiger charge is -2.07. The van der Waals surface area contributed by atoms with Crippen LogP contribution in [0.4, 0.5) is 0 Å². The van der Waals surface area contributed by atoms with E-state index in [1.165, 1.54) is 17.9 Å². The highest BCUT2D eigenvalue weighted by atomic mass is 79.9. The van der Waals surface area contributed by atoms with Crippen molar-refractivity contribution in [3.63, 3.8) is 0 Å². The average molecular weight is 295 g/mol. The first-order valence-electron chi connectivity index (χ1n) is 4.47. The number of hydrogen-bond acceptors (Lipinski definition) is 2. The first-order valence-corrected chi connectivity index (χ1v) is 6.15. The molecule has 0 spiro atoms. The largest absolute Gasteiger partial charge is 0.316 e. The maximum Gasteiger partial charge on any atom is 0.0231 e. The quantitative estimate of drug-likeness (QED) is 0.898. The van der Waals surface area contributed by atoms with Crippen LogP contribution in [-0.2, 0) is 0 Å². The summed E-state index contributed by atoms with van der Waals surface area (Å²) in [4.78, 5) is 1.37. The Labute approximate surface area is 104 Å². The molecule has 0 radical (unpaired) electrons. The van der Waals surface area contributed by atoms with Gasteiger partial charge in [0.05, 0.1) is 0 Å². The first kappa shape index (κ1) is 12.4. The minimum atomic E-state index is 0. The Morgan fingerprint density at radius 1 is 1.29 bits per heavy atom. The van der Waals surface area contributed by atoms with Crippen LogP contribution in [0.5, 0.6) is 0 Å². The molecule has 0 aliphatic carbocycles. The Kier molecular flexibility index (Phi) is 5.31. The smallest absolute Gasteiger partial charge is 0.0231 e. The summed E-state index contributed by atoms with van der Waals surface area (Å²) in [5.74, 6) is 0. The van der Waals surface area contributed by atoms with E-state index in [0.29, 0.717) is 0 Å². The molecule has 0 saturated carbocycles. The van der Waals surface area contributed by atoms with Gasteiger partial charge in [-0.25, -0.2) is 0 Å². The molecule has 4 heteroatoms. The minimum absolute atomic E-state index is 0. The average Bonchev–Trinajstić information content (AvgIpc) is 2.62. The molecule has 1 heterocycles. The van der Waals surface area contributed by atoms with Crippen LogP contribution in [0.25, 0.3) is 0 Å². The van der Waals surface area contributed by atoms with Crippen LogP contribution in [0.2, 0.25) is 0 Å². The van der Waals surface area contributed by atoms with Gasteiger partial charge in [-0.3, -0.25) is 0 Å². The van der Waals surface area contributed by atoms with Crippen LogP contribution < -0.4 is 5.32 Å². The second kappa shape index (κ2) is 6.01. The van der Waals surface area contributed by atoms with Gasteiger partial charge in [0, 0.05) is 21.2 Å². The van der Waals surface area contributed by atoms with E-state index in [4.69, 9.17) is 0 Å². The highest BCUT2D eigenvalue weighted by Crippen LogP contribution is 2.27. The van der Waals surface area contributed by atoms with Gasteiger partial charge in [0.2, 0.25) is 0 Å². The molecule has 1 aliphatic heterocycles. The van der Waals surface area contributed by atoms with Gasteiger partial charge in [-0.05, 0) is 37.2 Å². The minimum Gasteiger partial charge on any atom is -0.316 e. The van der Waals surface area contributed by atoms with E-state index in [1.54, 1.807) is 0 Å². The number of nitrogens with one attached hydrogen (secondary N) is 1. The molecule has 1 atom stereocenters. The number of benzene rings is 1. The van der Waals surface area contributed by atoms with Crippen molar-refractivity contribution < 1.29 is 0 Å². The maximum absolute atomic E-state index is 3.44. The van der Waals surface area contributed by atoms with Gasteiger partial charge in [-0.15, -0.1) is 24.2 Å². The van der Waals surface area contributed by atoms with Gasteiger partial charge < -0.3 is 5.32 Å². The molecule has 0 aromatic heterocycles. The van der Waals surface area contributed by atoms with E-state index < -0.39 is 0 Å². The third kappa shape index (κ3) is 3.46. The summed E-state index contributed by atoms with van der Waals surface area (Å²) in [6.45, 7) is 2.33. The molecule has 14 heavy (non-hydrogen) atoms. The van der Waals surface area contributed by atoms with E-state index in [0.717, 1.165) is 16.3 Å². The number of halogens is 2. The lowest BCUT2D eigenvalue weighted by Crippen LogP contribution is -2.09. The predicted molar refractivity (Wildman–Crippen MR) is 68.5 cm³/mol. The van der Waals surface area contributed by atoms with Gasteiger partial charge in [0.15, 0.2) is 0 Å². The summed E-state index contributed by atoms with van der Waals surface area (Å²) >= 11 is 5.41. The van der Waals surface area contributed by atoms with Gasteiger partial charge in [-0.1, -0.05) is 15.9 Å². The van der Waals surface area contributed by atoms with Crippen molar-refractivity contribution in [1.29, 1.82) is 0 Å². The molecule has 1 fully saturated rings. The number of hydrogen-bond donors (Lipinski definition) is 1. The molecule has 2 rings (SSSR count). The van der Waals surface area contributed by atoms with E-state index in [-0.39, 0.29) is 12.4 Å². The summed E-state index contributed by atoms with van der Waals surface area (Å²) < 4.78 is 1.15. The Morgan fingerprint density at radius 2 is 2.00 bits per heavy atom. The van der Waals surface area contributed by atoms with Crippen LogP contribution >= 0.6 is 40.1 Å². The van der Waals surface area contributed by atoms with Crippen molar-refractivity contribution in [3.8, 4) is 0 Å². The van der Waals surface area contributed by atoms with Crippen LogP contribution in [0.3, 0.4) is 0 Å². The molecular weight excluding hydrogens is 282 g/mol. The standard InChI is InChI=1S/C10H12BrNS.ClH/c11-8-1-3-9(4-2-8)13-10-5-6-12-7-10;/h1-4,10,12H,5-7H2;1H. The monoisotopic (exact) mass is 293 g/mol. The van der Waals surface area contributed by atoms with E-state index in [9.17, 15) is 0 Å². The number of rotatable bonds is 2. The fourth-order valence-electron chi connectivity index (χ4n) is 1.43. The highest BCUT2D eigenvalue weighted by Gasteiger charge is 2.14. The summed E-state index contributed by atoms with van der Waals surface area (Å²) in [6.07, 6.45) is 1.29. The van der Waals surface area contributed by atoms with Gasteiger partial charge >= 0.3 is 0 Å². The van der Waals surface area contributed by atoms with E-state index in [1.807, 2.05) is 11.8 Å². The van der Waals surface area contributed by atoms with Crippen LogP contribution in [-0.4, -0.2) is 18.3 Å². The van der Waals surface area contributed by atoms with Crippen LogP contribution in [0.1, 0.15) is 6.42 Å². The zero-order valence-electron chi connectivity index (χ0n) is 7.70. The second-order valence-electron chi connectivity index (χ2n) is 3.19. The summed E-state index contributed by atoms with van der Waals surface area (Å²) in [5.41, 5.74) is 0. The van der Waals surface area contributed by atoms with Crippen molar-refractivity contribution in [2.24, 2.45) is 0 Å². The zero-order valence-corrected chi connectivity index (χ0v) is 10.9. The van der Waals surface area contributed by atoms with Crippen molar-refractivity contribution in [1.82, 2.24) is 5.32 Å². The molecule has 1 aromatic carbocycles. The van der Waals surface area contributed by atoms with Crippen LogP contribution in [0, 0.1) is 0 Å². The lowest BCUT2D eigenvalue weighted by molar-refractivity contribution is 0.858. The molecule has 1 unspecified atom stereocenters. The Bertz CT molecular complexity index is 272. The van der Waals surface area contributed by atoms with Crippen molar-refractivity contribution in [3.05, 3.63) is 28.7 Å². The molecule has 1 aliphatic rings. The van der Waals surface area contributed by atoms with Gasteiger partial charge in [-0.2, -0.15) is 0 Å². The van der Waals surface area contributed by atoms with Crippen LogP contribution in [0.15, 0.2) is 33.6 Å². The Balaban J connectivity index is 0.000000980. The molecule has 1 aromatic rings. The Morgan fingerprint density at radius 3 is 2.57 bits per heavy atom. The SMILES string of the molecule is Brc1ccc(SC2CCNC2)cc1.Cl. The van der Waals surface area contributed by atoms with Crippen molar-refractivity contribution in [2.45, 2.75) is 16.6 Å². The fraction of sp³-hybridized carbons (Fsp3) is 0.400. The summed E-state index contributed by atoms with van der Waals surface area (Å²) in [6, 6.07) is 8.55. The zero-order chi connectivity index (χ0) is 9.10. The lowest BCUT2D eigenvalue weighted by atomic mass is 10.4. The fourth-order valence-corrected chi connectivity index (χ4v) is 2.81. The molecule has 1 N–H and O–H groups in total. The van der Waals surface area contributed by atoms with Crippen molar-refractivity contribution >= 4 is 40.1 Å². The summed E-state index contributed by atoms with van der Waals surface area (Å²) in [7, 11) is 0. The van der Waals surface area contributed by atoms with Gasteiger partial charge in [0.1, 0.15) is 0 Å². The first-order chi connectivity index (χ1) is 6.34. The normalized spacial score (nSPS) is 20.5. The van der Waals surface area contributed by atoms with E-state index in [2.05, 4.69) is 45.5 Å². The third-order valence-electron chi connectivity index (χ3n) is 2.13. The second-order valence-corrected chi connectivity index (χ2v) is 5.48. The molecular formula is C10H13BrClNS. The predicted octanol–water partition coefficient (Wildman–Crippen LogP) is 3.32. The highest BCUT2D eigenvalue weighted by molar-refractivity contribution is 9.10. The molecule has 0 bridgehead atoms. The summed E-state index contributed by atoms with van der Waals surface area (Å²) in [5, 5.41) is 4.14. The topological polar surface area (TPSA) is 12.0 Å². The third-order valence-corrected chi connectivity index (χ3v) is 3.94. The molecule has 78 valence electrons. The van der Waals surface area contributed by atoms with Crippen molar-refractivity contribution in [2.75, 3.05) is 13.1 Å².